The Labute approximate surface area is 121 Å². The maximum Gasteiger partial charge on any atom is 0.356 e. The summed E-state index contributed by atoms with van der Waals surface area (Å²) in [6, 6.07) is 0. The maximum atomic E-state index is 12.5. The lowest BCUT2D eigenvalue weighted by molar-refractivity contribution is 0.0184. The van der Waals surface area contributed by atoms with Gasteiger partial charge in [-0.05, 0) is 12.3 Å². The van der Waals surface area contributed by atoms with E-state index in [2.05, 4.69) is 4.98 Å². The van der Waals surface area contributed by atoms with Crippen LogP contribution in [0, 0.1) is 5.92 Å². The molecule has 2 unspecified atom stereocenters. The van der Waals surface area contributed by atoms with E-state index < -0.39 is 21.7 Å². The topological polar surface area (TPSA) is 96.8 Å². The largest absolute Gasteiger partial charge is 0.476 e. The van der Waals surface area contributed by atoms with Crippen molar-refractivity contribution in [2.45, 2.75) is 23.7 Å². The molecule has 1 saturated heterocycles. The van der Waals surface area contributed by atoms with Crippen molar-refractivity contribution in [3.63, 3.8) is 0 Å². The number of hydrogen-bond donors (Lipinski definition) is 1. The van der Waals surface area contributed by atoms with Crippen LogP contribution in [0.1, 0.15) is 23.8 Å². The van der Waals surface area contributed by atoms with E-state index in [9.17, 15) is 13.2 Å². The normalized spacial score (nSPS) is 24.7. The van der Waals surface area contributed by atoms with Crippen LogP contribution in [-0.4, -0.2) is 55.1 Å². The second-order valence-corrected chi connectivity index (χ2v) is 7.68. The fraction of sp³-hybridized carbons (Fsp3) is 0.636. The molecule has 1 aliphatic heterocycles. The van der Waals surface area contributed by atoms with Gasteiger partial charge in [0.05, 0.1) is 11.6 Å². The molecule has 0 radical (unpaired) electrons. The van der Waals surface area contributed by atoms with Crippen LogP contribution in [0.3, 0.4) is 0 Å². The smallest absolute Gasteiger partial charge is 0.356 e. The van der Waals surface area contributed by atoms with Crippen molar-refractivity contribution in [2.24, 2.45) is 5.92 Å². The molecule has 0 aliphatic carbocycles. The van der Waals surface area contributed by atoms with Crippen molar-refractivity contribution < 1.29 is 23.1 Å². The van der Waals surface area contributed by atoms with E-state index in [0.717, 1.165) is 11.3 Å². The first-order valence-corrected chi connectivity index (χ1v) is 8.39. The molecule has 2 heterocycles. The first kappa shape index (κ1) is 15.4. The number of ether oxygens (including phenoxy) is 1. The molecular weight excluding hydrogens is 304 g/mol. The summed E-state index contributed by atoms with van der Waals surface area (Å²) in [6.07, 6.45) is 0.499. The number of piperidine rings is 1. The van der Waals surface area contributed by atoms with Gasteiger partial charge in [-0.25, -0.2) is 18.2 Å². The fourth-order valence-electron chi connectivity index (χ4n) is 2.21. The van der Waals surface area contributed by atoms with E-state index in [1.54, 1.807) is 7.11 Å². The average Bonchev–Trinajstić information content (AvgIpc) is 2.89. The number of carboxylic acids is 1. The molecule has 2 atom stereocenters. The van der Waals surface area contributed by atoms with Gasteiger partial charge in [0.25, 0.3) is 10.0 Å². The molecular formula is C11H16N2O5S2. The lowest BCUT2D eigenvalue weighted by Crippen LogP contribution is -2.46. The molecule has 1 fully saturated rings. The molecule has 1 aromatic heterocycles. The first-order chi connectivity index (χ1) is 9.37. The zero-order valence-electron chi connectivity index (χ0n) is 11.1. The Bertz CT molecular complexity index is 598. The number of carbonyl (C=O) groups is 1. The zero-order chi connectivity index (χ0) is 14.9. The van der Waals surface area contributed by atoms with Crippen molar-refractivity contribution in [3.8, 4) is 0 Å². The maximum absolute atomic E-state index is 12.5. The summed E-state index contributed by atoms with van der Waals surface area (Å²) in [4.78, 5) is 14.6. The number of aromatic carboxylic acids is 1. The third-order valence-corrected chi connectivity index (χ3v) is 6.68. The average molecular weight is 320 g/mol. The Hall–Kier alpha value is -1.03. The van der Waals surface area contributed by atoms with Gasteiger partial charge in [-0.2, -0.15) is 4.31 Å². The Balaban J connectivity index is 2.31. The molecule has 0 spiro atoms. The summed E-state index contributed by atoms with van der Waals surface area (Å²) in [7, 11) is -2.28. The van der Waals surface area contributed by atoms with Gasteiger partial charge < -0.3 is 9.84 Å². The van der Waals surface area contributed by atoms with Gasteiger partial charge in [-0.15, -0.1) is 11.3 Å². The van der Waals surface area contributed by atoms with Crippen LogP contribution in [0.5, 0.6) is 0 Å². The number of nitrogens with zero attached hydrogens (tertiary/aromatic N) is 2. The summed E-state index contributed by atoms with van der Waals surface area (Å²) >= 11 is 0.826. The minimum atomic E-state index is -3.83. The molecule has 1 aromatic rings. The van der Waals surface area contributed by atoms with Crippen LogP contribution >= 0.6 is 11.3 Å². The molecule has 0 amide bonds. The molecule has 7 nitrogen and oxygen atoms in total. The quantitative estimate of drug-likeness (QED) is 0.885. The lowest BCUT2D eigenvalue weighted by Gasteiger charge is -2.35. The Kier molecular flexibility index (Phi) is 4.43. The van der Waals surface area contributed by atoms with Crippen molar-refractivity contribution in [2.75, 3.05) is 20.2 Å². The monoisotopic (exact) mass is 320 g/mol. The van der Waals surface area contributed by atoms with Crippen LogP contribution in [0.2, 0.25) is 0 Å². The number of hydrogen-bond acceptors (Lipinski definition) is 6. The van der Waals surface area contributed by atoms with Gasteiger partial charge >= 0.3 is 5.97 Å². The second-order valence-electron chi connectivity index (χ2n) is 4.70. The second kappa shape index (κ2) is 5.76. The van der Waals surface area contributed by atoms with Crippen LogP contribution < -0.4 is 0 Å². The minimum Gasteiger partial charge on any atom is -0.476 e. The van der Waals surface area contributed by atoms with Crippen molar-refractivity contribution in [1.29, 1.82) is 0 Å². The molecule has 9 heteroatoms. The number of rotatable bonds is 4. The van der Waals surface area contributed by atoms with E-state index in [0.29, 0.717) is 13.0 Å². The summed E-state index contributed by atoms with van der Waals surface area (Å²) < 4.78 is 31.4. The number of aromatic nitrogens is 1. The van der Waals surface area contributed by atoms with Crippen LogP contribution in [0.25, 0.3) is 0 Å². The summed E-state index contributed by atoms with van der Waals surface area (Å²) in [6.45, 7) is 2.60. The van der Waals surface area contributed by atoms with Gasteiger partial charge in [0.15, 0.2) is 9.90 Å². The number of thiazole rings is 1. The van der Waals surface area contributed by atoms with Crippen LogP contribution in [0.15, 0.2) is 9.72 Å². The van der Waals surface area contributed by atoms with Gasteiger partial charge in [-0.3, -0.25) is 0 Å². The molecule has 0 bridgehead atoms. The van der Waals surface area contributed by atoms with Gasteiger partial charge in [0, 0.05) is 20.2 Å². The summed E-state index contributed by atoms with van der Waals surface area (Å²) in [5, 5.41) is 8.99. The van der Waals surface area contributed by atoms with Gasteiger partial charge in [0.1, 0.15) is 0 Å². The molecule has 20 heavy (non-hydrogen) atoms. The predicted octanol–water partition coefficient (Wildman–Crippen LogP) is 0.887. The summed E-state index contributed by atoms with van der Waals surface area (Å²) in [5.41, 5.74) is 0.819. The third kappa shape index (κ3) is 2.71. The Morgan fingerprint density at radius 3 is 2.90 bits per heavy atom. The number of methoxy groups -OCH3 is 1. The molecule has 112 valence electrons. The van der Waals surface area contributed by atoms with Crippen molar-refractivity contribution >= 4 is 27.3 Å². The molecule has 1 N–H and O–H groups in total. The highest BCUT2D eigenvalue weighted by molar-refractivity contribution is 7.91. The molecule has 1 aliphatic rings. The first-order valence-electron chi connectivity index (χ1n) is 6.07. The lowest BCUT2D eigenvalue weighted by atomic mass is 9.97. The number of sulfonamides is 1. The number of carboxylic acid groups (broad SMARTS) is 1. The highest BCUT2D eigenvalue weighted by atomic mass is 32.2. The van der Waals surface area contributed by atoms with E-state index in [4.69, 9.17) is 9.84 Å². The highest BCUT2D eigenvalue weighted by Gasteiger charge is 2.37. The minimum absolute atomic E-state index is 0.181. The van der Waals surface area contributed by atoms with E-state index in [-0.39, 0.29) is 22.8 Å². The Morgan fingerprint density at radius 2 is 2.30 bits per heavy atom. The van der Waals surface area contributed by atoms with Crippen LogP contribution in [0.4, 0.5) is 0 Å². The standard InChI is InChI=1S/C11H16N2O5S2/c1-7-3-4-13(5-8(7)18-2)20(16,17)11-9(10(14)15)12-6-19-11/h6-8H,3-5H2,1-2H3,(H,14,15). The SMILES string of the molecule is COC1CN(S(=O)(=O)c2scnc2C(=O)O)CCC1C. The fourth-order valence-corrected chi connectivity index (χ4v) is 4.95. The molecule has 0 saturated carbocycles. The van der Waals surface area contributed by atoms with Crippen LogP contribution in [-0.2, 0) is 14.8 Å². The third-order valence-electron chi connectivity index (χ3n) is 3.47. The van der Waals surface area contributed by atoms with E-state index in [1.165, 1.54) is 9.82 Å². The molecule has 0 aromatic carbocycles. The predicted molar refractivity (Wildman–Crippen MR) is 72.4 cm³/mol. The van der Waals surface area contributed by atoms with Gasteiger partial charge in [-0.1, -0.05) is 6.92 Å². The Morgan fingerprint density at radius 1 is 1.60 bits per heavy atom. The van der Waals surface area contributed by atoms with Crippen molar-refractivity contribution in [1.82, 2.24) is 9.29 Å². The van der Waals surface area contributed by atoms with Crippen molar-refractivity contribution in [3.05, 3.63) is 11.2 Å². The van der Waals surface area contributed by atoms with E-state index in [1.807, 2.05) is 6.92 Å². The zero-order valence-corrected chi connectivity index (χ0v) is 12.8. The summed E-state index contributed by atoms with van der Waals surface area (Å²) in [5.74, 6) is -1.06. The highest BCUT2D eigenvalue weighted by Crippen LogP contribution is 2.28. The molecule has 2 rings (SSSR count). The van der Waals surface area contributed by atoms with Gasteiger partial charge in [0.2, 0.25) is 0 Å². The van der Waals surface area contributed by atoms with E-state index >= 15 is 0 Å².